The molecule has 0 radical (unpaired) electrons. The third-order valence-corrected chi connectivity index (χ3v) is 1.82. The molecule has 0 saturated heterocycles. The number of carbonyl (C=O) groups is 1. The van der Waals surface area contributed by atoms with E-state index in [9.17, 15) is 4.79 Å². The van der Waals surface area contributed by atoms with Crippen molar-refractivity contribution in [1.82, 2.24) is 5.32 Å². The molecule has 0 rings (SSSR count). The lowest BCUT2D eigenvalue weighted by Gasteiger charge is -2.17. The minimum atomic E-state index is 0.0103. The smallest absolute Gasteiger partial charge is 0.244 e. The van der Waals surface area contributed by atoms with Gasteiger partial charge in [0.05, 0.1) is 0 Å². The first-order valence-corrected chi connectivity index (χ1v) is 5.51. The quantitative estimate of drug-likeness (QED) is 0.629. The van der Waals surface area contributed by atoms with Crippen molar-refractivity contribution in [1.29, 1.82) is 0 Å². The van der Waals surface area contributed by atoms with Crippen molar-refractivity contribution in [3.05, 3.63) is 9.66 Å². The molecule has 76 valence electrons. The first kappa shape index (κ1) is 12.9. The summed E-state index contributed by atoms with van der Waals surface area (Å²) >= 11 is 2.13. The summed E-state index contributed by atoms with van der Waals surface area (Å²) < 4.78 is 1.01. The maximum absolute atomic E-state index is 11.1. The Morgan fingerprint density at radius 1 is 1.46 bits per heavy atom. The number of rotatable bonds is 3. The Morgan fingerprint density at radius 2 is 2.00 bits per heavy atom. The fourth-order valence-electron chi connectivity index (χ4n) is 0.792. The van der Waals surface area contributed by atoms with E-state index in [-0.39, 0.29) is 11.3 Å². The highest BCUT2D eigenvalue weighted by Gasteiger charge is 2.09. The Morgan fingerprint density at radius 3 is 2.38 bits per heavy atom. The summed E-state index contributed by atoms with van der Waals surface area (Å²) in [6.07, 6.45) is 2.62. The first-order valence-electron chi connectivity index (χ1n) is 4.43. The highest BCUT2D eigenvalue weighted by molar-refractivity contribution is 14.1. The number of allylic oxidation sites excluding steroid dienone is 1. The van der Waals surface area contributed by atoms with Gasteiger partial charge in [-0.3, -0.25) is 4.79 Å². The van der Waals surface area contributed by atoms with Crippen LogP contribution < -0.4 is 5.32 Å². The SMILES string of the molecule is C/C(I)=C/C(=O)NCCC(C)(C)C. The highest BCUT2D eigenvalue weighted by atomic mass is 127. The lowest BCUT2D eigenvalue weighted by atomic mass is 9.92. The van der Waals surface area contributed by atoms with E-state index in [1.165, 1.54) is 0 Å². The Balaban J connectivity index is 3.67. The van der Waals surface area contributed by atoms with Crippen molar-refractivity contribution >= 4 is 28.5 Å². The molecule has 0 spiro atoms. The normalized spacial score (nSPS) is 12.8. The Hall–Kier alpha value is -0.0600. The topological polar surface area (TPSA) is 29.1 Å². The van der Waals surface area contributed by atoms with E-state index in [1.807, 2.05) is 6.92 Å². The fourth-order valence-corrected chi connectivity index (χ4v) is 1.08. The van der Waals surface area contributed by atoms with Gasteiger partial charge in [-0.25, -0.2) is 0 Å². The van der Waals surface area contributed by atoms with Crippen molar-refractivity contribution in [2.75, 3.05) is 6.54 Å². The average molecular weight is 295 g/mol. The van der Waals surface area contributed by atoms with Crippen LogP contribution in [0.3, 0.4) is 0 Å². The van der Waals surface area contributed by atoms with Crippen LogP contribution in [0.2, 0.25) is 0 Å². The van der Waals surface area contributed by atoms with Crippen molar-refractivity contribution < 1.29 is 4.79 Å². The number of hydrogen-bond donors (Lipinski definition) is 1. The molecule has 2 nitrogen and oxygen atoms in total. The molecule has 13 heavy (non-hydrogen) atoms. The predicted octanol–water partition coefficient (Wildman–Crippen LogP) is 2.88. The van der Waals surface area contributed by atoms with Crippen LogP contribution in [-0.2, 0) is 4.79 Å². The molecular formula is C10H18INO. The molecule has 1 amide bonds. The zero-order valence-electron chi connectivity index (χ0n) is 8.78. The van der Waals surface area contributed by atoms with Gasteiger partial charge in [0.15, 0.2) is 0 Å². The minimum Gasteiger partial charge on any atom is -0.353 e. The number of hydrogen-bond acceptors (Lipinski definition) is 1. The lowest BCUT2D eigenvalue weighted by Crippen LogP contribution is -2.25. The summed E-state index contributed by atoms with van der Waals surface area (Å²) in [6, 6.07) is 0. The largest absolute Gasteiger partial charge is 0.353 e. The van der Waals surface area contributed by atoms with Crippen LogP contribution in [0.25, 0.3) is 0 Å². The highest BCUT2D eigenvalue weighted by Crippen LogP contribution is 2.16. The summed E-state index contributed by atoms with van der Waals surface area (Å²) in [5.74, 6) is 0.0103. The second-order valence-corrected chi connectivity index (χ2v) is 6.03. The van der Waals surface area contributed by atoms with E-state index in [2.05, 4.69) is 48.7 Å². The van der Waals surface area contributed by atoms with E-state index in [0.717, 1.165) is 16.5 Å². The zero-order chi connectivity index (χ0) is 10.5. The molecule has 0 aliphatic heterocycles. The predicted molar refractivity (Wildman–Crippen MR) is 64.9 cm³/mol. The van der Waals surface area contributed by atoms with Crippen molar-refractivity contribution in [2.24, 2.45) is 5.41 Å². The van der Waals surface area contributed by atoms with Gasteiger partial charge in [0.2, 0.25) is 5.91 Å². The van der Waals surface area contributed by atoms with Crippen molar-refractivity contribution in [3.8, 4) is 0 Å². The molecule has 0 atom stereocenters. The number of halogens is 1. The zero-order valence-corrected chi connectivity index (χ0v) is 10.9. The van der Waals surface area contributed by atoms with Crippen LogP contribution >= 0.6 is 22.6 Å². The van der Waals surface area contributed by atoms with E-state index >= 15 is 0 Å². The molecule has 0 saturated carbocycles. The second-order valence-electron chi connectivity index (χ2n) is 4.33. The molecule has 0 unspecified atom stereocenters. The van der Waals surface area contributed by atoms with Crippen molar-refractivity contribution in [3.63, 3.8) is 0 Å². The third-order valence-electron chi connectivity index (χ3n) is 1.50. The molecule has 0 aromatic heterocycles. The number of nitrogens with one attached hydrogen (secondary N) is 1. The molecule has 3 heteroatoms. The standard InChI is InChI=1S/C10H18INO/c1-8(11)7-9(13)12-6-5-10(2,3)4/h7H,5-6H2,1-4H3,(H,12,13)/b8-7-. The van der Waals surface area contributed by atoms with E-state index in [0.29, 0.717) is 0 Å². The van der Waals surface area contributed by atoms with E-state index < -0.39 is 0 Å². The molecule has 0 aromatic rings. The Bertz CT molecular complexity index is 199. The van der Waals surface area contributed by atoms with Gasteiger partial charge in [-0.2, -0.15) is 0 Å². The maximum atomic E-state index is 11.1. The van der Waals surface area contributed by atoms with Gasteiger partial charge in [0.1, 0.15) is 0 Å². The van der Waals surface area contributed by atoms with Crippen molar-refractivity contribution in [2.45, 2.75) is 34.1 Å². The van der Waals surface area contributed by atoms with Gasteiger partial charge in [-0.15, -0.1) is 0 Å². The second kappa shape index (κ2) is 5.62. The molecular weight excluding hydrogens is 277 g/mol. The number of carbonyl (C=O) groups excluding carboxylic acids is 1. The third kappa shape index (κ3) is 9.86. The Kier molecular flexibility index (Phi) is 5.60. The van der Waals surface area contributed by atoms with Gasteiger partial charge in [0, 0.05) is 12.6 Å². The summed E-state index contributed by atoms with van der Waals surface area (Å²) in [5, 5.41) is 2.85. The van der Waals surface area contributed by atoms with Crippen LogP contribution in [0, 0.1) is 5.41 Å². The number of amides is 1. The summed E-state index contributed by atoms with van der Waals surface area (Å²) in [6.45, 7) is 9.16. The fraction of sp³-hybridized carbons (Fsp3) is 0.700. The minimum absolute atomic E-state index is 0.0103. The Labute approximate surface area is 94.3 Å². The van der Waals surface area contributed by atoms with Crippen LogP contribution in [-0.4, -0.2) is 12.5 Å². The van der Waals surface area contributed by atoms with Gasteiger partial charge in [0.25, 0.3) is 0 Å². The molecule has 0 aliphatic carbocycles. The molecule has 0 bridgehead atoms. The van der Waals surface area contributed by atoms with Gasteiger partial charge < -0.3 is 5.32 Å². The summed E-state index contributed by atoms with van der Waals surface area (Å²) in [7, 11) is 0. The molecule has 0 fully saturated rings. The molecule has 1 N–H and O–H groups in total. The van der Waals surface area contributed by atoms with Gasteiger partial charge in [-0.1, -0.05) is 20.8 Å². The van der Waals surface area contributed by atoms with Gasteiger partial charge >= 0.3 is 0 Å². The van der Waals surface area contributed by atoms with Crippen LogP contribution in [0.1, 0.15) is 34.1 Å². The summed E-state index contributed by atoms with van der Waals surface area (Å²) in [5.41, 5.74) is 0.288. The monoisotopic (exact) mass is 295 g/mol. The van der Waals surface area contributed by atoms with Crippen LogP contribution in [0.4, 0.5) is 0 Å². The van der Waals surface area contributed by atoms with Gasteiger partial charge in [-0.05, 0) is 44.9 Å². The van der Waals surface area contributed by atoms with E-state index in [1.54, 1.807) is 6.08 Å². The van der Waals surface area contributed by atoms with Crippen LogP contribution in [0.5, 0.6) is 0 Å². The molecule has 0 aliphatic rings. The van der Waals surface area contributed by atoms with Crippen LogP contribution in [0.15, 0.2) is 9.66 Å². The average Bonchev–Trinajstić information content (AvgIpc) is 1.81. The maximum Gasteiger partial charge on any atom is 0.244 e. The molecule has 0 aromatic carbocycles. The first-order chi connectivity index (χ1) is 5.81. The summed E-state index contributed by atoms with van der Waals surface area (Å²) in [4.78, 5) is 11.1. The molecule has 0 heterocycles. The van der Waals surface area contributed by atoms with E-state index in [4.69, 9.17) is 0 Å². The lowest BCUT2D eigenvalue weighted by molar-refractivity contribution is -0.116.